The van der Waals surface area contributed by atoms with Crippen LogP contribution in [0, 0.1) is 0 Å². The summed E-state index contributed by atoms with van der Waals surface area (Å²) in [5.74, 6) is -0.387. The molecule has 2 N–H and O–H groups in total. The van der Waals surface area contributed by atoms with Crippen LogP contribution < -0.4 is 10.6 Å². The second kappa shape index (κ2) is 6.39. The van der Waals surface area contributed by atoms with Crippen molar-refractivity contribution in [1.82, 2.24) is 19.7 Å². The van der Waals surface area contributed by atoms with E-state index >= 15 is 0 Å². The van der Waals surface area contributed by atoms with Gasteiger partial charge in [0.15, 0.2) is 6.04 Å². The molecule has 8 nitrogen and oxygen atoms in total. The summed E-state index contributed by atoms with van der Waals surface area (Å²) in [7, 11) is 1.36. The van der Waals surface area contributed by atoms with Gasteiger partial charge in [-0.2, -0.15) is 23.3 Å². The third-order valence-corrected chi connectivity index (χ3v) is 4.53. The molecule has 2 aromatic rings. The number of alkyl halides is 3. The molecule has 1 saturated heterocycles. The number of ether oxygens (including phenoxy) is 1. The lowest BCUT2D eigenvalue weighted by atomic mass is 10.2. The van der Waals surface area contributed by atoms with Gasteiger partial charge in [0.2, 0.25) is 5.95 Å². The molecule has 0 aromatic carbocycles. The minimum absolute atomic E-state index is 0.0165. The lowest BCUT2D eigenvalue weighted by Crippen LogP contribution is -2.14. The van der Waals surface area contributed by atoms with Crippen LogP contribution >= 0.6 is 0 Å². The molecule has 0 radical (unpaired) electrons. The van der Waals surface area contributed by atoms with E-state index in [1.54, 1.807) is 10.9 Å². The summed E-state index contributed by atoms with van der Waals surface area (Å²) < 4.78 is 45.5. The zero-order valence-corrected chi connectivity index (χ0v) is 14.4. The van der Waals surface area contributed by atoms with E-state index in [1.807, 2.05) is 0 Å². The van der Waals surface area contributed by atoms with Gasteiger partial charge >= 0.3 is 12.1 Å². The predicted molar refractivity (Wildman–Crippen MR) is 88.7 cm³/mol. The van der Waals surface area contributed by atoms with Gasteiger partial charge in [-0.05, 0) is 12.8 Å². The van der Waals surface area contributed by atoms with Gasteiger partial charge in [0, 0.05) is 31.8 Å². The molecule has 1 saturated carbocycles. The Morgan fingerprint density at radius 3 is 2.67 bits per heavy atom. The molecule has 0 bridgehead atoms. The second-order valence-electron chi connectivity index (χ2n) is 6.48. The predicted octanol–water partition coefficient (Wildman–Crippen LogP) is 2.84. The first-order valence-corrected chi connectivity index (χ1v) is 8.51. The maximum Gasteiger partial charge on any atom is 0.421 e. The fraction of sp³-hybridized carbons (Fsp3) is 0.500. The Morgan fingerprint density at radius 2 is 2.07 bits per heavy atom. The zero-order chi connectivity index (χ0) is 19.2. The second-order valence-corrected chi connectivity index (χ2v) is 6.48. The van der Waals surface area contributed by atoms with Crippen molar-refractivity contribution in [2.45, 2.75) is 37.4 Å². The molecule has 1 atom stereocenters. The van der Waals surface area contributed by atoms with Crippen molar-refractivity contribution < 1.29 is 22.7 Å². The summed E-state index contributed by atoms with van der Waals surface area (Å²) in [6.45, 7) is 0.346. The normalized spacial score (nSPS) is 19.9. The van der Waals surface area contributed by atoms with Crippen molar-refractivity contribution in [3.8, 4) is 0 Å². The van der Waals surface area contributed by atoms with E-state index in [0.717, 1.165) is 24.7 Å². The van der Waals surface area contributed by atoms with Crippen LogP contribution in [0.1, 0.15) is 42.5 Å². The smallest absolute Gasteiger partial charge is 0.421 e. The first kappa shape index (κ1) is 17.6. The van der Waals surface area contributed by atoms with Crippen molar-refractivity contribution in [2.75, 3.05) is 24.3 Å². The number of aromatic nitrogens is 4. The highest BCUT2D eigenvalue weighted by Crippen LogP contribution is 2.44. The number of rotatable bonds is 5. The van der Waals surface area contributed by atoms with E-state index < -0.39 is 17.8 Å². The number of halogens is 3. The van der Waals surface area contributed by atoms with Crippen LogP contribution in [0.3, 0.4) is 0 Å². The fourth-order valence-electron chi connectivity index (χ4n) is 3.01. The molecule has 0 spiro atoms. The quantitative estimate of drug-likeness (QED) is 0.768. The van der Waals surface area contributed by atoms with Gasteiger partial charge in [0.1, 0.15) is 11.4 Å². The number of cyclic esters (lactones) is 1. The Bertz CT molecular complexity index is 878. The summed E-state index contributed by atoms with van der Waals surface area (Å²) >= 11 is 0. The molecule has 2 fully saturated rings. The van der Waals surface area contributed by atoms with Gasteiger partial charge in [-0.3, -0.25) is 4.68 Å². The van der Waals surface area contributed by atoms with E-state index in [0.29, 0.717) is 18.7 Å². The van der Waals surface area contributed by atoms with Gasteiger partial charge in [-0.25, -0.2) is 9.78 Å². The highest BCUT2D eigenvalue weighted by Gasteiger charge is 2.36. The summed E-state index contributed by atoms with van der Waals surface area (Å²) in [4.78, 5) is 19.5. The number of carbonyl (C=O) groups excluding carboxylic acids is 1. The van der Waals surface area contributed by atoms with Crippen LogP contribution in [0.15, 0.2) is 12.4 Å². The van der Waals surface area contributed by atoms with E-state index in [2.05, 4.69) is 25.7 Å². The summed E-state index contributed by atoms with van der Waals surface area (Å²) in [5.41, 5.74) is 0.394. The Hall–Kier alpha value is -2.85. The number of anilines is 3. The van der Waals surface area contributed by atoms with Crippen LogP contribution in [0.4, 0.5) is 30.6 Å². The zero-order valence-electron chi connectivity index (χ0n) is 14.4. The first-order chi connectivity index (χ1) is 12.9. The molecule has 3 heterocycles. The average Bonchev–Trinajstić information content (AvgIpc) is 3.25. The Morgan fingerprint density at radius 1 is 1.30 bits per heavy atom. The van der Waals surface area contributed by atoms with Gasteiger partial charge in [-0.1, -0.05) is 0 Å². The molecular weight excluding hydrogens is 365 g/mol. The molecule has 2 aliphatic rings. The largest absolute Gasteiger partial charge is 0.464 e. The molecule has 11 heteroatoms. The SMILES string of the molecule is CNc1nc(Nc2cn(C3CCOC3=O)nc2C2CC2)ncc1C(F)(F)F. The van der Waals surface area contributed by atoms with Crippen LogP contribution in [0.2, 0.25) is 0 Å². The summed E-state index contributed by atoms with van der Waals surface area (Å²) in [5, 5.41) is 9.88. The molecule has 1 aliphatic heterocycles. The molecule has 0 amide bonds. The average molecular weight is 382 g/mol. The highest BCUT2D eigenvalue weighted by molar-refractivity contribution is 5.76. The number of nitrogens with one attached hydrogen (secondary N) is 2. The maximum absolute atomic E-state index is 13.0. The third-order valence-electron chi connectivity index (χ3n) is 4.53. The number of esters is 1. The lowest BCUT2D eigenvalue weighted by molar-refractivity contribution is -0.141. The number of nitrogens with zero attached hydrogens (tertiary/aromatic N) is 4. The Kier molecular flexibility index (Phi) is 4.16. The Balaban J connectivity index is 1.64. The van der Waals surface area contributed by atoms with E-state index in [9.17, 15) is 18.0 Å². The molecule has 27 heavy (non-hydrogen) atoms. The topological polar surface area (TPSA) is 94.0 Å². The molecule has 1 aliphatic carbocycles. The van der Waals surface area contributed by atoms with Gasteiger partial charge < -0.3 is 15.4 Å². The van der Waals surface area contributed by atoms with Crippen molar-refractivity contribution in [2.24, 2.45) is 0 Å². The van der Waals surface area contributed by atoms with Gasteiger partial charge in [0.05, 0.1) is 18.0 Å². The number of hydrogen-bond donors (Lipinski definition) is 2. The van der Waals surface area contributed by atoms with E-state index in [1.165, 1.54) is 7.05 Å². The van der Waals surface area contributed by atoms with Crippen LogP contribution in [-0.2, 0) is 15.7 Å². The van der Waals surface area contributed by atoms with Gasteiger partial charge in [0.25, 0.3) is 0 Å². The van der Waals surface area contributed by atoms with E-state index in [-0.39, 0.29) is 23.7 Å². The fourth-order valence-corrected chi connectivity index (χ4v) is 3.01. The summed E-state index contributed by atoms with van der Waals surface area (Å²) in [6.07, 6.45) is 0.309. The maximum atomic E-state index is 13.0. The Labute approximate surface area is 152 Å². The van der Waals surface area contributed by atoms with Crippen LogP contribution in [0.5, 0.6) is 0 Å². The number of carbonyl (C=O) groups is 1. The lowest BCUT2D eigenvalue weighted by Gasteiger charge is -2.12. The highest BCUT2D eigenvalue weighted by atomic mass is 19.4. The molecule has 2 aromatic heterocycles. The molecule has 4 rings (SSSR count). The first-order valence-electron chi connectivity index (χ1n) is 8.51. The van der Waals surface area contributed by atoms with Gasteiger partial charge in [-0.15, -0.1) is 0 Å². The van der Waals surface area contributed by atoms with Crippen molar-refractivity contribution in [1.29, 1.82) is 0 Å². The molecule has 144 valence electrons. The van der Waals surface area contributed by atoms with Crippen LogP contribution in [0.25, 0.3) is 0 Å². The molecular formula is C16H17F3N6O2. The minimum Gasteiger partial charge on any atom is -0.464 e. The summed E-state index contributed by atoms with van der Waals surface area (Å²) in [6, 6.07) is -0.487. The van der Waals surface area contributed by atoms with Crippen LogP contribution in [-0.4, -0.2) is 39.4 Å². The number of hydrogen-bond acceptors (Lipinski definition) is 7. The van der Waals surface area contributed by atoms with Crippen molar-refractivity contribution in [3.63, 3.8) is 0 Å². The van der Waals surface area contributed by atoms with Crippen molar-refractivity contribution >= 4 is 23.4 Å². The van der Waals surface area contributed by atoms with E-state index in [4.69, 9.17) is 4.74 Å². The monoisotopic (exact) mass is 382 g/mol. The third kappa shape index (κ3) is 3.40. The van der Waals surface area contributed by atoms with Crippen molar-refractivity contribution in [3.05, 3.63) is 23.7 Å². The standard InChI is InChI=1S/C16H17F3N6O2/c1-20-13-9(16(17,18)19)6-21-15(23-13)22-10-7-25(11-4-5-27-14(11)26)24-12(10)8-2-3-8/h6-8,11H,2-5H2,1H3,(H2,20,21,22,23). The molecule has 1 unspecified atom stereocenters. The minimum atomic E-state index is -4.55.